The van der Waals surface area contributed by atoms with Crippen molar-refractivity contribution in [3.8, 4) is 0 Å². The zero-order chi connectivity index (χ0) is 16.2. The van der Waals surface area contributed by atoms with Gasteiger partial charge in [0, 0.05) is 17.5 Å². The van der Waals surface area contributed by atoms with Gasteiger partial charge in [0.1, 0.15) is 22.8 Å². The van der Waals surface area contributed by atoms with Gasteiger partial charge in [-0.15, -0.1) is 11.3 Å². The van der Waals surface area contributed by atoms with Gasteiger partial charge >= 0.3 is 5.97 Å². The van der Waals surface area contributed by atoms with E-state index in [4.69, 9.17) is 4.74 Å². The number of fused-ring (bicyclic) bond motifs is 1. The molecular weight excluding hydrogens is 317 g/mol. The smallest absolute Gasteiger partial charge is 0.339 e. The summed E-state index contributed by atoms with van der Waals surface area (Å²) in [5.41, 5.74) is 0.940. The van der Waals surface area contributed by atoms with E-state index in [-0.39, 0.29) is 12.4 Å². The molecule has 0 fully saturated rings. The van der Waals surface area contributed by atoms with E-state index in [1.54, 1.807) is 30.5 Å². The largest absolute Gasteiger partial charge is 0.462 e. The van der Waals surface area contributed by atoms with Crippen molar-refractivity contribution in [3.63, 3.8) is 0 Å². The first-order valence-electron chi connectivity index (χ1n) is 7.07. The molecule has 0 bridgehead atoms. The topological polar surface area (TPSA) is 64.1 Å². The minimum Gasteiger partial charge on any atom is -0.462 e. The van der Waals surface area contributed by atoms with Crippen LogP contribution in [0, 0.1) is 5.82 Å². The van der Waals surface area contributed by atoms with E-state index in [2.05, 4.69) is 15.3 Å². The Bertz CT molecular complexity index is 850. The Kier molecular flexibility index (Phi) is 4.47. The molecule has 0 aliphatic carbocycles. The summed E-state index contributed by atoms with van der Waals surface area (Å²) in [7, 11) is 0. The molecule has 0 amide bonds. The zero-order valence-electron chi connectivity index (χ0n) is 12.4. The van der Waals surface area contributed by atoms with E-state index >= 15 is 0 Å². The van der Waals surface area contributed by atoms with E-state index in [0.717, 1.165) is 0 Å². The van der Waals surface area contributed by atoms with Gasteiger partial charge in [-0.05, 0) is 13.0 Å². The van der Waals surface area contributed by atoms with Crippen LogP contribution in [-0.4, -0.2) is 22.5 Å². The lowest BCUT2D eigenvalue weighted by molar-refractivity contribution is 0.0529. The SMILES string of the molecule is CCOC(=O)c1csc2ncnc(NCc3ccccc3F)c12. The van der Waals surface area contributed by atoms with Crippen molar-refractivity contribution >= 4 is 33.3 Å². The van der Waals surface area contributed by atoms with Crippen molar-refractivity contribution in [2.45, 2.75) is 13.5 Å². The van der Waals surface area contributed by atoms with Crippen LogP contribution in [0.3, 0.4) is 0 Å². The molecule has 0 atom stereocenters. The molecule has 2 heterocycles. The molecule has 118 valence electrons. The molecular formula is C16H14FN3O2S. The minimum absolute atomic E-state index is 0.261. The lowest BCUT2D eigenvalue weighted by Crippen LogP contribution is -2.07. The number of ether oxygens (including phenoxy) is 1. The maximum atomic E-state index is 13.7. The minimum atomic E-state index is -0.414. The van der Waals surface area contributed by atoms with E-state index in [0.29, 0.717) is 33.8 Å². The van der Waals surface area contributed by atoms with Gasteiger partial charge in [0.25, 0.3) is 0 Å². The number of carbonyl (C=O) groups excluding carboxylic acids is 1. The molecule has 7 heteroatoms. The molecule has 2 aromatic heterocycles. The normalized spacial score (nSPS) is 10.7. The monoisotopic (exact) mass is 331 g/mol. The number of thiophene rings is 1. The second kappa shape index (κ2) is 6.70. The number of rotatable bonds is 5. The Morgan fingerprint density at radius 3 is 2.96 bits per heavy atom. The van der Waals surface area contributed by atoms with E-state index in [1.165, 1.54) is 23.7 Å². The van der Waals surface area contributed by atoms with Crippen LogP contribution in [-0.2, 0) is 11.3 Å². The summed E-state index contributed by atoms with van der Waals surface area (Å²) in [5, 5.41) is 5.38. The van der Waals surface area contributed by atoms with Crippen molar-refractivity contribution < 1.29 is 13.9 Å². The number of nitrogens with zero attached hydrogens (tertiary/aromatic N) is 2. The molecule has 0 aliphatic rings. The van der Waals surface area contributed by atoms with Crippen molar-refractivity contribution in [2.75, 3.05) is 11.9 Å². The summed E-state index contributed by atoms with van der Waals surface area (Å²) in [6.45, 7) is 2.30. The zero-order valence-corrected chi connectivity index (χ0v) is 13.2. The lowest BCUT2D eigenvalue weighted by atomic mass is 10.2. The van der Waals surface area contributed by atoms with E-state index in [9.17, 15) is 9.18 Å². The Morgan fingerprint density at radius 2 is 2.17 bits per heavy atom. The number of halogens is 1. The Morgan fingerprint density at radius 1 is 1.35 bits per heavy atom. The number of nitrogens with one attached hydrogen (secondary N) is 1. The number of carbonyl (C=O) groups is 1. The Balaban J connectivity index is 1.93. The van der Waals surface area contributed by atoms with Crippen LogP contribution in [0.15, 0.2) is 36.0 Å². The average molecular weight is 331 g/mol. The predicted octanol–water partition coefficient (Wildman–Crippen LogP) is 3.62. The first kappa shape index (κ1) is 15.4. The fraction of sp³-hybridized carbons (Fsp3) is 0.188. The highest BCUT2D eigenvalue weighted by molar-refractivity contribution is 7.17. The number of benzene rings is 1. The first-order chi connectivity index (χ1) is 11.2. The lowest BCUT2D eigenvalue weighted by Gasteiger charge is -2.08. The molecule has 5 nitrogen and oxygen atoms in total. The maximum Gasteiger partial charge on any atom is 0.339 e. The van der Waals surface area contributed by atoms with Crippen molar-refractivity contribution in [1.29, 1.82) is 0 Å². The summed E-state index contributed by atoms with van der Waals surface area (Å²) < 4.78 is 18.8. The first-order valence-corrected chi connectivity index (χ1v) is 7.95. The molecule has 23 heavy (non-hydrogen) atoms. The van der Waals surface area contributed by atoms with Gasteiger partial charge in [-0.25, -0.2) is 19.2 Å². The summed E-state index contributed by atoms with van der Waals surface area (Å²) in [5.74, 6) is -0.216. The van der Waals surface area contributed by atoms with Crippen LogP contribution >= 0.6 is 11.3 Å². The number of esters is 1. The molecule has 3 rings (SSSR count). The van der Waals surface area contributed by atoms with Crippen LogP contribution in [0.1, 0.15) is 22.8 Å². The molecule has 0 aliphatic heterocycles. The average Bonchev–Trinajstić information content (AvgIpc) is 2.99. The van der Waals surface area contributed by atoms with Gasteiger partial charge in [0.2, 0.25) is 0 Å². The van der Waals surface area contributed by atoms with Crippen LogP contribution in [0.4, 0.5) is 10.2 Å². The van der Waals surface area contributed by atoms with Crippen molar-refractivity contribution in [2.24, 2.45) is 0 Å². The van der Waals surface area contributed by atoms with Gasteiger partial charge in [0.15, 0.2) is 0 Å². The number of aromatic nitrogens is 2. The highest BCUT2D eigenvalue weighted by Gasteiger charge is 2.18. The van der Waals surface area contributed by atoms with Gasteiger partial charge in [-0.2, -0.15) is 0 Å². The molecule has 0 unspecified atom stereocenters. The Hall–Kier alpha value is -2.54. The van der Waals surface area contributed by atoms with E-state index < -0.39 is 5.97 Å². The molecule has 1 N–H and O–H groups in total. The summed E-state index contributed by atoms with van der Waals surface area (Å²) in [6.07, 6.45) is 1.41. The highest BCUT2D eigenvalue weighted by atomic mass is 32.1. The van der Waals surface area contributed by atoms with Gasteiger partial charge in [0.05, 0.1) is 17.6 Å². The molecule has 0 radical (unpaired) electrons. The standard InChI is InChI=1S/C16H14FN3O2S/c1-2-22-16(21)11-8-23-15-13(11)14(19-9-20-15)18-7-10-5-3-4-6-12(10)17/h3-6,8-9H,2,7H2,1H3,(H,18,19,20). The van der Waals surface area contributed by atoms with Crippen LogP contribution in [0.2, 0.25) is 0 Å². The molecule has 3 aromatic rings. The van der Waals surface area contributed by atoms with Crippen LogP contribution in [0.5, 0.6) is 0 Å². The van der Waals surface area contributed by atoms with Gasteiger partial charge in [-0.1, -0.05) is 18.2 Å². The third-order valence-electron chi connectivity index (χ3n) is 3.27. The third kappa shape index (κ3) is 3.14. The third-order valence-corrected chi connectivity index (χ3v) is 4.16. The van der Waals surface area contributed by atoms with Crippen LogP contribution < -0.4 is 5.32 Å². The van der Waals surface area contributed by atoms with Gasteiger partial charge < -0.3 is 10.1 Å². The quantitative estimate of drug-likeness (QED) is 0.724. The summed E-state index contributed by atoms with van der Waals surface area (Å²) in [4.78, 5) is 21.1. The second-order valence-electron chi connectivity index (χ2n) is 4.72. The number of anilines is 1. The summed E-state index contributed by atoms with van der Waals surface area (Å²) >= 11 is 1.34. The number of hydrogen-bond donors (Lipinski definition) is 1. The highest BCUT2D eigenvalue weighted by Crippen LogP contribution is 2.30. The van der Waals surface area contributed by atoms with Gasteiger partial charge in [-0.3, -0.25) is 0 Å². The fourth-order valence-corrected chi connectivity index (χ4v) is 3.07. The Labute approximate surface area is 136 Å². The van der Waals surface area contributed by atoms with Crippen molar-refractivity contribution in [1.82, 2.24) is 9.97 Å². The van der Waals surface area contributed by atoms with Crippen LogP contribution in [0.25, 0.3) is 10.2 Å². The molecule has 1 aromatic carbocycles. The van der Waals surface area contributed by atoms with Crippen molar-refractivity contribution in [3.05, 3.63) is 52.9 Å². The molecule has 0 saturated carbocycles. The van der Waals surface area contributed by atoms with E-state index in [1.807, 2.05) is 0 Å². The summed E-state index contributed by atoms with van der Waals surface area (Å²) in [6, 6.07) is 6.51. The fourth-order valence-electron chi connectivity index (χ4n) is 2.19. The predicted molar refractivity (Wildman–Crippen MR) is 87.1 cm³/mol. The second-order valence-corrected chi connectivity index (χ2v) is 5.58. The molecule has 0 saturated heterocycles. The maximum absolute atomic E-state index is 13.7. The number of hydrogen-bond acceptors (Lipinski definition) is 6. The molecule has 0 spiro atoms.